The van der Waals surface area contributed by atoms with Crippen molar-refractivity contribution in [1.29, 1.82) is 0 Å². The summed E-state index contributed by atoms with van der Waals surface area (Å²) in [5.41, 5.74) is 1.83. The molecule has 7 heteroatoms. The zero-order chi connectivity index (χ0) is 21.1. The number of imidazole rings is 1. The molecule has 2 atom stereocenters. The Morgan fingerprint density at radius 2 is 1.70 bits per heavy atom. The van der Waals surface area contributed by atoms with Crippen LogP contribution in [0.4, 0.5) is 0 Å². The van der Waals surface area contributed by atoms with Crippen LogP contribution >= 0.6 is 11.8 Å². The van der Waals surface area contributed by atoms with Crippen molar-refractivity contribution in [2.75, 3.05) is 18.8 Å². The van der Waals surface area contributed by atoms with E-state index in [1.807, 2.05) is 38.6 Å². The quantitative estimate of drug-likeness (QED) is 0.677. The number of thioether (sulfide) groups is 1. The van der Waals surface area contributed by atoms with Crippen molar-refractivity contribution in [2.24, 2.45) is 0 Å². The summed E-state index contributed by atoms with van der Waals surface area (Å²) in [6, 6.07) is 8.50. The summed E-state index contributed by atoms with van der Waals surface area (Å²) < 4.78 is 1.99. The Kier molecular flexibility index (Phi) is 6.66. The number of carbonyl (C=O) groups is 2. The van der Waals surface area contributed by atoms with Crippen LogP contribution in [0.2, 0.25) is 0 Å². The first kappa shape index (κ1) is 21.2. The maximum absolute atomic E-state index is 13.0. The van der Waals surface area contributed by atoms with E-state index in [1.165, 1.54) is 24.6 Å². The Bertz CT molecular complexity index is 896. The molecule has 0 bridgehead atoms. The van der Waals surface area contributed by atoms with Gasteiger partial charge in [0, 0.05) is 25.2 Å². The molecule has 0 saturated carbocycles. The monoisotopic (exact) mass is 428 g/mol. The molecule has 2 aliphatic rings. The summed E-state index contributed by atoms with van der Waals surface area (Å²) in [6.07, 6.45) is 6.70. The summed E-state index contributed by atoms with van der Waals surface area (Å²) in [5, 5.41) is 0.757. The lowest BCUT2D eigenvalue weighted by Gasteiger charge is -2.39. The van der Waals surface area contributed by atoms with Crippen LogP contribution in [0.5, 0.6) is 0 Å². The first-order valence-corrected chi connectivity index (χ1v) is 12.2. The van der Waals surface area contributed by atoms with E-state index >= 15 is 0 Å². The Morgan fingerprint density at radius 3 is 2.43 bits per heavy atom. The molecule has 4 rings (SSSR count). The molecular formula is C23H32N4O2S. The van der Waals surface area contributed by atoms with Crippen LogP contribution in [0.15, 0.2) is 29.4 Å². The Balaban J connectivity index is 1.51. The largest absolute Gasteiger partial charge is 0.341 e. The molecule has 2 aromatic rings. The highest BCUT2D eigenvalue weighted by Gasteiger charge is 2.29. The third-order valence-electron chi connectivity index (χ3n) is 6.43. The standard InChI is InChI=1S/C23H32N4O2S/c1-17-9-8-10-18(2)27(17)22(29)16-30-23-24-19-11-4-5-12-20(19)26(23)15-21(28)25-13-6-3-7-14-25/h4-5,11-12,17-18H,3,6-10,13-16H2,1-2H3/t17-,18-/m1/s1. The van der Waals surface area contributed by atoms with Gasteiger partial charge in [0.1, 0.15) is 6.54 Å². The summed E-state index contributed by atoms with van der Waals surface area (Å²) in [5.74, 6) is 0.667. The second kappa shape index (κ2) is 9.41. The van der Waals surface area contributed by atoms with Crippen molar-refractivity contribution >= 4 is 34.6 Å². The molecule has 0 spiro atoms. The number of benzene rings is 1. The molecule has 0 N–H and O–H groups in total. The molecule has 2 amide bonds. The molecule has 30 heavy (non-hydrogen) atoms. The lowest BCUT2D eigenvalue weighted by molar-refractivity contribution is -0.134. The fraction of sp³-hybridized carbons (Fsp3) is 0.609. The Labute approximate surface area is 183 Å². The van der Waals surface area contributed by atoms with Crippen molar-refractivity contribution in [2.45, 2.75) is 76.2 Å². The van der Waals surface area contributed by atoms with Gasteiger partial charge in [0.15, 0.2) is 5.16 Å². The minimum atomic E-state index is 0.143. The van der Waals surface area contributed by atoms with E-state index in [4.69, 9.17) is 4.98 Å². The fourth-order valence-corrected chi connectivity index (χ4v) is 5.69. The second-order valence-corrected chi connectivity index (χ2v) is 9.57. The third kappa shape index (κ3) is 4.51. The third-order valence-corrected chi connectivity index (χ3v) is 7.39. The zero-order valence-electron chi connectivity index (χ0n) is 18.0. The number of likely N-dealkylation sites (tertiary alicyclic amines) is 2. The molecule has 0 unspecified atom stereocenters. The van der Waals surface area contributed by atoms with Gasteiger partial charge in [0.2, 0.25) is 11.8 Å². The van der Waals surface area contributed by atoms with Crippen molar-refractivity contribution < 1.29 is 9.59 Å². The maximum Gasteiger partial charge on any atom is 0.242 e. The van der Waals surface area contributed by atoms with Gasteiger partial charge in [-0.3, -0.25) is 9.59 Å². The molecule has 3 heterocycles. The first-order chi connectivity index (χ1) is 14.5. The first-order valence-electron chi connectivity index (χ1n) is 11.2. The van der Waals surface area contributed by atoms with Gasteiger partial charge in [-0.1, -0.05) is 23.9 Å². The van der Waals surface area contributed by atoms with Gasteiger partial charge < -0.3 is 14.4 Å². The number of hydrogen-bond donors (Lipinski definition) is 0. The van der Waals surface area contributed by atoms with E-state index in [9.17, 15) is 9.59 Å². The molecule has 1 aromatic carbocycles. The maximum atomic E-state index is 13.0. The predicted molar refractivity (Wildman–Crippen MR) is 121 cm³/mol. The zero-order valence-corrected chi connectivity index (χ0v) is 18.9. The van der Waals surface area contributed by atoms with Crippen molar-refractivity contribution in [3.05, 3.63) is 24.3 Å². The Morgan fingerprint density at radius 1 is 1.00 bits per heavy atom. The second-order valence-electron chi connectivity index (χ2n) is 8.63. The van der Waals surface area contributed by atoms with Crippen molar-refractivity contribution in [3.63, 3.8) is 0 Å². The molecule has 2 fully saturated rings. The smallest absolute Gasteiger partial charge is 0.242 e. The minimum absolute atomic E-state index is 0.143. The number of piperidine rings is 2. The molecular weight excluding hydrogens is 396 g/mol. The molecule has 2 aliphatic heterocycles. The number of hydrogen-bond acceptors (Lipinski definition) is 4. The summed E-state index contributed by atoms with van der Waals surface area (Å²) >= 11 is 1.46. The molecule has 0 radical (unpaired) electrons. The van der Waals surface area contributed by atoms with Gasteiger partial charge >= 0.3 is 0 Å². The van der Waals surface area contributed by atoms with Crippen molar-refractivity contribution in [3.8, 4) is 0 Å². The lowest BCUT2D eigenvalue weighted by atomic mass is 9.98. The van der Waals surface area contributed by atoms with Crippen LogP contribution in [-0.4, -0.2) is 62.1 Å². The summed E-state index contributed by atoms with van der Waals surface area (Å²) in [4.78, 5) is 34.7. The van der Waals surface area contributed by atoms with Gasteiger partial charge in [-0.15, -0.1) is 0 Å². The molecule has 6 nitrogen and oxygen atoms in total. The van der Waals surface area contributed by atoms with Gasteiger partial charge in [-0.25, -0.2) is 4.98 Å². The molecule has 1 aromatic heterocycles. The van der Waals surface area contributed by atoms with Gasteiger partial charge in [0.05, 0.1) is 16.8 Å². The average Bonchev–Trinajstić information content (AvgIpc) is 3.10. The van der Waals surface area contributed by atoms with Crippen LogP contribution in [0.25, 0.3) is 11.0 Å². The van der Waals surface area contributed by atoms with E-state index in [0.717, 1.165) is 55.0 Å². The summed E-state index contributed by atoms with van der Waals surface area (Å²) in [7, 11) is 0. The number of carbonyl (C=O) groups excluding carboxylic acids is 2. The Hall–Kier alpha value is -2.02. The van der Waals surface area contributed by atoms with E-state index in [2.05, 4.69) is 13.8 Å². The minimum Gasteiger partial charge on any atom is -0.341 e. The van der Waals surface area contributed by atoms with Gasteiger partial charge in [-0.05, 0) is 64.5 Å². The number of amides is 2. The number of fused-ring (bicyclic) bond motifs is 1. The normalized spacial score (nSPS) is 22.5. The van der Waals surface area contributed by atoms with Crippen LogP contribution in [0.3, 0.4) is 0 Å². The highest BCUT2D eigenvalue weighted by Crippen LogP contribution is 2.27. The predicted octanol–water partition coefficient (Wildman–Crippen LogP) is 3.93. The highest BCUT2D eigenvalue weighted by atomic mass is 32.2. The number of rotatable bonds is 5. The van der Waals surface area contributed by atoms with Crippen LogP contribution in [-0.2, 0) is 16.1 Å². The highest BCUT2D eigenvalue weighted by molar-refractivity contribution is 7.99. The van der Waals surface area contributed by atoms with Crippen LogP contribution in [0.1, 0.15) is 52.4 Å². The van der Waals surface area contributed by atoms with E-state index in [-0.39, 0.29) is 18.4 Å². The fourth-order valence-electron chi connectivity index (χ4n) is 4.81. The van der Waals surface area contributed by atoms with Crippen LogP contribution in [0, 0.1) is 0 Å². The lowest BCUT2D eigenvalue weighted by Crippen LogP contribution is -2.48. The van der Waals surface area contributed by atoms with Gasteiger partial charge in [-0.2, -0.15) is 0 Å². The van der Waals surface area contributed by atoms with E-state index < -0.39 is 0 Å². The van der Waals surface area contributed by atoms with E-state index in [1.54, 1.807) is 0 Å². The van der Waals surface area contributed by atoms with E-state index in [0.29, 0.717) is 17.8 Å². The number of para-hydroxylation sites is 2. The van der Waals surface area contributed by atoms with Crippen LogP contribution < -0.4 is 0 Å². The number of nitrogens with zero attached hydrogens (tertiary/aromatic N) is 4. The number of aromatic nitrogens is 2. The topological polar surface area (TPSA) is 58.4 Å². The molecule has 162 valence electrons. The molecule has 2 saturated heterocycles. The average molecular weight is 429 g/mol. The van der Waals surface area contributed by atoms with Crippen molar-refractivity contribution in [1.82, 2.24) is 19.4 Å². The SMILES string of the molecule is C[C@@H]1CCC[C@@H](C)N1C(=O)CSc1nc2ccccc2n1CC(=O)N1CCCCC1. The van der Waals surface area contributed by atoms with Gasteiger partial charge in [0.25, 0.3) is 0 Å². The molecule has 0 aliphatic carbocycles. The summed E-state index contributed by atoms with van der Waals surface area (Å²) in [6.45, 7) is 6.26.